The van der Waals surface area contributed by atoms with Gasteiger partial charge in [0.1, 0.15) is 6.33 Å². The predicted octanol–water partition coefficient (Wildman–Crippen LogP) is 2.67. The molecule has 1 N–H and O–H groups in total. The van der Waals surface area contributed by atoms with E-state index >= 15 is 0 Å². The number of amides is 1. The normalized spacial score (nSPS) is 11.0. The minimum absolute atomic E-state index is 0.260. The summed E-state index contributed by atoms with van der Waals surface area (Å²) in [7, 11) is 0. The standard InChI is InChI=1S/C18H17N7O/c1-2-11-24-16-10-6-4-8-14(16)20-18(24)21-17(26)13-7-3-5-9-15(13)25-12-19-22-23-25/h3-10,12H,2,11H2,1H3,(H,20,21,26). The molecule has 0 aliphatic heterocycles. The second-order valence-electron chi connectivity index (χ2n) is 5.80. The largest absolute Gasteiger partial charge is 0.310 e. The van der Waals surface area contributed by atoms with E-state index in [-0.39, 0.29) is 5.91 Å². The van der Waals surface area contributed by atoms with Crippen LogP contribution in [0.3, 0.4) is 0 Å². The van der Waals surface area contributed by atoms with Gasteiger partial charge in [-0.15, -0.1) is 5.10 Å². The summed E-state index contributed by atoms with van der Waals surface area (Å²) in [4.78, 5) is 17.5. The minimum atomic E-state index is -0.260. The first-order chi connectivity index (χ1) is 12.8. The molecule has 0 saturated heterocycles. The van der Waals surface area contributed by atoms with Crippen molar-refractivity contribution in [2.75, 3.05) is 5.32 Å². The van der Waals surface area contributed by atoms with Gasteiger partial charge in [-0.3, -0.25) is 10.1 Å². The number of rotatable bonds is 5. The number of hydrogen-bond donors (Lipinski definition) is 1. The van der Waals surface area contributed by atoms with Gasteiger partial charge in [0.15, 0.2) is 0 Å². The van der Waals surface area contributed by atoms with Crippen LogP contribution in [0.2, 0.25) is 0 Å². The number of carbonyl (C=O) groups is 1. The van der Waals surface area contributed by atoms with Gasteiger partial charge in [-0.25, -0.2) is 4.98 Å². The first-order valence-corrected chi connectivity index (χ1v) is 8.37. The minimum Gasteiger partial charge on any atom is -0.310 e. The van der Waals surface area contributed by atoms with Crippen molar-refractivity contribution in [2.24, 2.45) is 0 Å². The van der Waals surface area contributed by atoms with Gasteiger partial charge in [-0.1, -0.05) is 31.2 Å². The monoisotopic (exact) mass is 347 g/mol. The highest BCUT2D eigenvalue weighted by atomic mass is 16.1. The molecule has 26 heavy (non-hydrogen) atoms. The van der Waals surface area contributed by atoms with Crippen LogP contribution in [0.4, 0.5) is 5.95 Å². The molecule has 1 amide bonds. The van der Waals surface area contributed by atoms with Gasteiger partial charge < -0.3 is 4.57 Å². The van der Waals surface area contributed by atoms with Crippen molar-refractivity contribution in [1.29, 1.82) is 0 Å². The van der Waals surface area contributed by atoms with Crippen LogP contribution in [0, 0.1) is 0 Å². The van der Waals surface area contributed by atoms with Crippen LogP contribution >= 0.6 is 0 Å². The number of aryl methyl sites for hydroxylation is 1. The number of benzene rings is 2. The van der Waals surface area contributed by atoms with Crippen molar-refractivity contribution in [2.45, 2.75) is 19.9 Å². The lowest BCUT2D eigenvalue weighted by Crippen LogP contribution is -2.18. The smallest absolute Gasteiger partial charge is 0.260 e. The summed E-state index contributed by atoms with van der Waals surface area (Å²) in [6.07, 6.45) is 2.39. The van der Waals surface area contributed by atoms with E-state index in [9.17, 15) is 4.79 Å². The number of fused-ring (bicyclic) bond motifs is 1. The average molecular weight is 347 g/mol. The summed E-state index contributed by atoms with van der Waals surface area (Å²) in [6, 6.07) is 15.0. The molecule has 4 rings (SSSR count). The summed E-state index contributed by atoms with van der Waals surface area (Å²) in [6.45, 7) is 2.86. The fourth-order valence-electron chi connectivity index (χ4n) is 2.93. The first-order valence-electron chi connectivity index (χ1n) is 8.37. The van der Waals surface area contributed by atoms with Crippen LogP contribution in [0.15, 0.2) is 54.9 Å². The molecule has 8 heteroatoms. The molecule has 8 nitrogen and oxygen atoms in total. The van der Waals surface area contributed by atoms with Gasteiger partial charge >= 0.3 is 0 Å². The molecule has 4 aromatic rings. The SMILES string of the molecule is CCCn1c(NC(=O)c2ccccc2-n2cnnn2)nc2ccccc21. The quantitative estimate of drug-likeness (QED) is 0.599. The number of carbonyl (C=O) groups excluding carboxylic acids is 1. The molecule has 2 aromatic carbocycles. The van der Waals surface area contributed by atoms with Crippen molar-refractivity contribution in [3.8, 4) is 5.69 Å². The second-order valence-corrected chi connectivity index (χ2v) is 5.80. The van der Waals surface area contributed by atoms with Crippen molar-refractivity contribution >= 4 is 22.9 Å². The Hall–Kier alpha value is -3.55. The molecule has 0 saturated carbocycles. The van der Waals surface area contributed by atoms with Crippen LogP contribution in [0.25, 0.3) is 16.7 Å². The van der Waals surface area contributed by atoms with Crippen LogP contribution in [-0.2, 0) is 6.54 Å². The predicted molar refractivity (Wildman–Crippen MR) is 97.1 cm³/mol. The first kappa shape index (κ1) is 15.9. The van der Waals surface area contributed by atoms with Crippen molar-refractivity contribution in [1.82, 2.24) is 29.8 Å². The fourth-order valence-corrected chi connectivity index (χ4v) is 2.93. The van der Waals surface area contributed by atoms with E-state index in [1.165, 1.54) is 11.0 Å². The number of nitrogens with zero attached hydrogens (tertiary/aromatic N) is 6. The molecule has 2 heterocycles. The summed E-state index contributed by atoms with van der Waals surface area (Å²) < 4.78 is 3.48. The zero-order valence-electron chi connectivity index (χ0n) is 14.2. The van der Waals surface area contributed by atoms with Gasteiger partial charge in [0.05, 0.1) is 22.3 Å². The van der Waals surface area contributed by atoms with Gasteiger partial charge in [-0.05, 0) is 41.1 Å². The third kappa shape index (κ3) is 2.81. The molecular weight excluding hydrogens is 330 g/mol. The lowest BCUT2D eigenvalue weighted by molar-refractivity contribution is 0.102. The zero-order chi connectivity index (χ0) is 17.9. The Bertz CT molecular complexity index is 1050. The topological polar surface area (TPSA) is 90.5 Å². The van der Waals surface area contributed by atoms with Crippen LogP contribution in [0.1, 0.15) is 23.7 Å². The molecule has 0 bridgehead atoms. The Balaban J connectivity index is 1.72. The molecule has 0 aliphatic rings. The number of anilines is 1. The van der Waals surface area contributed by atoms with Crippen molar-refractivity contribution in [3.05, 3.63) is 60.4 Å². The lowest BCUT2D eigenvalue weighted by atomic mass is 10.1. The zero-order valence-corrected chi connectivity index (χ0v) is 14.2. The van der Waals surface area contributed by atoms with Crippen molar-refractivity contribution < 1.29 is 4.79 Å². The molecular formula is C18H17N7O. The maximum Gasteiger partial charge on any atom is 0.260 e. The number of nitrogens with one attached hydrogen (secondary N) is 1. The van der Waals surface area contributed by atoms with E-state index in [0.717, 1.165) is 24.0 Å². The van der Waals surface area contributed by atoms with Gasteiger partial charge in [-0.2, -0.15) is 4.68 Å². The molecule has 130 valence electrons. The lowest BCUT2D eigenvalue weighted by Gasteiger charge is -2.11. The fraction of sp³-hybridized carbons (Fsp3) is 0.167. The average Bonchev–Trinajstić information content (AvgIpc) is 3.31. The molecule has 0 fully saturated rings. The van der Waals surface area contributed by atoms with Crippen LogP contribution in [-0.4, -0.2) is 35.7 Å². The highest BCUT2D eigenvalue weighted by molar-refractivity contribution is 6.06. The molecule has 0 spiro atoms. The Kier molecular flexibility index (Phi) is 4.14. The summed E-state index contributed by atoms with van der Waals surface area (Å²) in [5, 5.41) is 14.1. The Labute approximate surface area is 149 Å². The molecule has 2 aromatic heterocycles. The third-order valence-corrected chi connectivity index (χ3v) is 4.07. The van der Waals surface area contributed by atoms with E-state index in [0.29, 0.717) is 17.2 Å². The van der Waals surface area contributed by atoms with Crippen LogP contribution < -0.4 is 5.32 Å². The highest BCUT2D eigenvalue weighted by Crippen LogP contribution is 2.21. The van der Waals surface area contributed by atoms with Crippen molar-refractivity contribution in [3.63, 3.8) is 0 Å². The van der Waals surface area contributed by atoms with Gasteiger partial charge in [0, 0.05) is 6.54 Å². The van der Waals surface area contributed by atoms with E-state index in [1.807, 2.05) is 34.9 Å². The maximum atomic E-state index is 12.9. The summed E-state index contributed by atoms with van der Waals surface area (Å²) in [5.41, 5.74) is 2.92. The van der Waals surface area contributed by atoms with E-state index in [2.05, 4.69) is 32.7 Å². The Morgan fingerprint density at radius 1 is 1.12 bits per heavy atom. The number of imidazole rings is 1. The number of hydrogen-bond acceptors (Lipinski definition) is 5. The molecule has 0 atom stereocenters. The van der Waals surface area contributed by atoms with Gasteiger partial charge in [0.25, 0.3) is 5.91 Å². The maximum absolute atomic E-state index is 12.9. The number of aromatic nitrogens is 6. The summed E-state index contributed by atoms with van der Waals surface area (Å²) in [5.74, 6) is 0.272. The number of tetrazole rings is 1. The Morgan fingerprint density at radius 3 is 2.73 bits per heavy atom. The van der Waals surface area contributed by atoms with Gasteiger partial charge in [0.2, 0.25) is 5.95 Å². The van der Waals surface area contributed by atoms with E-state index in [4.69, 9.17) is 0 Å². The third-order valence-electron chi connectivity index (χ3n) is 4.07. The van der Waals surface area contributed by atoms with E-state index < -0.39 is 0 Å². The van der Waals surface area contributed by atoms with Crippen LogP contribution in [0.5, 0.6) is 0 Å². The second kappa shape index (κ2) is 6.75. The molecule has 0 unspecified atom stereocenters. The Morgan fingerprint density at radius 2 is 1.92 bits per heavy atom. The molecule has 0 aliphatic carbocycles. The number of para-hydroxylation sites is 3. The summed E-state index contributed by atoms with van der Waals surface area (Å²) >= 11 is 0. The highest BCUT2D eigenvalue weighted by Gasteiger charge is 2.17. The molecule has 0 radical (unpaired) electrons. The van der Waals surface area contributed by atoms with E-state index in [1.54, 1.807) is 18.2 Å².